The van der Waals surface area contributed by atoms with Crippen LogP contribution in [0.2, 0.25) is 0 Å². The van der Waals surface area contributed by atoms with Gasteiger partial charge in [-0.15, -0.1) is 0 Å². The van der Waals surface area contributed by atoms with E-state index in [2.05, 4.69) is 25.7 Å². The lowest BCUT2D eigenvalue weighted by molar-refractivity contribution is 0.0605. The van der Waals surface area contributed by atoms with E-state index in [0.29, 0.717) is 14.5 Å². The second kappa shape index (κ2) is 3.32. The van der Waals surface area contributed by atoms with Gasteiger partial charge in [-0.3, -0.25) is 0 Å². The highest BCUT2D eigenvalue weighted by Gasteiger charge is 2.13. The Morgan fingerprint density at radius 3 is 2.73 bits per heavy atom. The Morgan fingerprint density at radius 1 is 1.73 bits per heavy atom. The zero-order chi connectivity index (χ0) is 8.43. The minimum Gasteiger partial charge on any atom is -0.465 e. The monoisotopic (exact) mass is 235 g/mol. The maximum absolute atomic E-state index is 11.0. The van der Waals surface area contributed by atoms with Crippen LogP contribution in [0.25, 0.3) is 0 Å². The third-order valence-electron chi connectivity index (χ3n) is 1.14. The molecule has 0 aromatic carbocycles. The Kier molecular flexibility index (Phi) is 2.62. The minimum atomic E-state index is -0.328. The molecule has 0 saturated heterocycles. The van der Waals surface area contributed by atoms with Crippen molar-refractivity contribution in [2.45, 2.75) is 6.92 Å². The lowest BCUT2D eigenvalue weighted by Gasteiger charge is -1.92. The van der Waals surface area contributed by atoms with E-state index in [4.69, 9.17) is 0 Å². The Balaban J connectivity index is 3.03. The van der Waals surface area contributed by atoms with Crippen LogP contribution in [0.15, 0.2) is 3.92 Å². The van der Waals surface area contributed by atoms with Gasteiger partial charge in [0.1, 0.15) is 4.88 Å². The van der Waals surface area contributed by atoms with Crippen molar-refractivity contribution >= 4 is 33.2 Å². The molecular formula is C6H6BrNO2S. The van der Waals surface area contributed by atoms with Crippen molar-refractivity contribution < 1.29 is 9.53 Å². The maximum Gasteiger partial charge on any atom is 0.350 e. The molecule has 0 aliphatic rings. The van der Waals surface area contributed by atoms with Crippen molar-refractivity contribution in [3.8, 4) is 0 Å². The first-order chi connectivity index (χ1) is 5.15. The lowest BCUT2D eigenvalue weighted by Crippen LogP contribution is -1.99. The van der Waals surface area contributed by atoms with Crippen molar-refractivity contribution in [1.82, 2.24) is 4.98 Å². The second-order valence-corrected chi connectivity index (χ2v) is 4.15. The normalized spacial score (nSPS) is 9.73. The van der Waals surface area contributed by atoms with E-state index < -0.39 is 0 Å². The topological polar surface area (TPSA) is 39.2 Å². The van der Waals surface area contributed by atoms with Crippen LogP contribution >= 0.6 is 27.3 Å². The summed E-state index contributed by atoms with van der Waals surface area (Å²) in [6.07, 6.45) is 0. The van der Waals surface area contributed by atoms with Crippen LogP contribution in [0.3, 0.4) is 0 Å². The van der Waals surface area contributed by atoms with Crippen LogP contribution in [0.5, 0.6) is 0 Å². The summed E-state index contributed by atoms with van der Waals surface area (Å²) in [6, 6.07) is 0. The summed E-state index contributed by atoms with van der Waals surface area (Å²) in [6.45, 7) is 1.77. The lowest BCUT2D eigenvalue weighted by atomic mass is 10.4. The number of aryl methyl sites for hydroxylation is 1. The summed E-state index contributed by atoms with van der Waals surface area (Å²) < 4.78 is 5.25. The zero-order valence-corrected chi connectivity index (χ0v) is 8.45. The van der Waals surface area contributed by atoms with Crippen LogP contribution in [-0.4, -0.2) is 18.1 Å². The summed E-state index contributed by atoms with van der Waals surface area (Å²) in [5.74, 6) is -0.328. The van der Waals surface area contributed by atoms with Gasteiger partial charge in [0.05, 0.1) is 12.8 Å². The number of carbonyl (C=O) groups excluding carboxylic acids is 1. The van der Waals surface area contributed by atoms with Gasteiger partial charge in [0.15, 0.2) is 3.92 Å². The molecule has 1 rings (SSSR count). The van der Waals surface area contributed by atoms with Crippen LogP contribution in [0.1, 0.15) is 15.4 Å². The van der Waals surface area contributed by atoms with E-state index in [0.717, 1.165) is 0 Å². The van der Waals surface area contributed by atoms with Crippen molar-refractivity contribution in [3.05, 3.63) is 14.5 Å². The van der Waals surface area contributed by atoms with Crippen molar-refractivity contribution in [2.75, 3.05) is 7.11 Å². The molecule has 0 N–H and O–H groups in total. The number of methoxy groups -OCH3 is 1. The van der Waals surface area contributed by atoms with Gasteiger partial charge < -0.3 is 4.74 Å². The minimum absolute atomic E-state index is 0.328. The maximum atomic E-state index is 11.0. The molecule has 0 radical (unpaired) electrons. The molecule has 3 nitrogen and oxygen atoms in total. The van der Waals surface area contributed by atoms with Gasteiger partial charge in [0.2, 0.25) is 0 Å². The first kappa shape index (κ1) is 8.67. The number of carbonyl (C=O) groups is 1. The summed E-state index contributed by atoms with van der Waals surface area (Å²) in [4.78, 5) is 15.5. The molecule has 0 fully saturated rings. The van der Waals surface area contributed by atoms with E-state index in [-0.39, 0.29) is 5.97 Å². The number of rotatable bonds is 1. The second-order valence-electron chi connectivity index (χ2n) is 1.87. The molecule has 1 aromatic heterocycles. The molecule has 0 atom stereocenters. The predicted octanol–water partition coefficient (Wildman–Crippen LogP) is 2.00. The molecule has 0 unspecified atom stereocenters. The number of hydrogen-bond acceptors (Lipinski definition) is 4. The van der Waals surface area contributed by atoms with E-state index in [9.17, 15) is 4.79 Å². The zero-order valence-electron chi connectivity index (χ0n) is 6.05. The molecule has 1 heterocycles. The van der Waals surface area contributed by atoms with Gasteiger partial charge in [0.25, 0.3) is 0 Å². The number of hydrogen-bond donors (Lipinski definition) is 0. The van der Waals surface area contributed by atoms with Crippen LogP contribution < -0.4 is 0 Å². The summed E-state index contributed by atoms with van der Waals surface area (Å²) in [5.41, 5.74) is 0.703. The van der Waals surface area contributed by atoms with Crippen molar-refractivity contribution in [2.24, 2.45) is 0 Å². The summed E-state index contributed by atoms with van der Waals surface area (Å²) >= 11 is 4.46. The third-order valence-corrected chi connectivity index (χ3v) is 2.73. The molecular weight excluding hydrogens is 230 g/mol. The van der Waals surface area contributed by atoms with Gasteiger partial charge in [-0.05, 0) is 22.9 Å². The fourth-order valence-electron chi connectivity index (χ4n) is 0.646. The van der Waals surface area contributed by atoms with Gasteiger partial charge >= 0.3 is 5.97 Å². The Labute approximate surface area is 76.5 Å². The molecule has 11 heavy (non-hydrogen) atoms. The standard InChI is InChI=1S/C6H6BrNO2S/c1-3-4(5(9)10-2)11-6(7)8-3/h1-2H3. The molecule has 1 aromatic rings. The highest BCUT2D eigenvalue weighted by molar-refractivity contribution is 9.11. The molecule has 0 saturated carbocycles. The van der Waals surface area contributed by atoms with E-state index in [1.54, 1.807) is 6.92 Å². The summed E-state index contributed by atoms with van der Waals surface area (Å²) in [5, 5.41) is 0. The number of nitrogens with zero attached hydrogens (tertiary/aromatic N) is 1. The highest BCUT2D eigenvalue weighted by atomic mass is 79.9. The molecule has 0 spiro atoms. The van der Waals surface area contributed by atoms with E-state index in [1.807, 2.05) is 0 Å². The first-order valence-electron chi connectivity index (χ1n) is 2.86. The first-order valence-corrected chi connectivity index (χ1v) is 4.47. The number of esters is 1. The van der Waals surface area contributed by atoms with Gasteiger partial charge in [-0.25, -0.2) is 9.78 Å². The average molecular weight is 236 g/mol. The number of thiazole rings is 1. The molecule has 0 bridgehead atoms. The van der Waals surface area contributed by atoms with Gasteiger partial charge in [0, 0.05) is 0 Å². The van der Waals surface area contributed by atoms with Crippen molar-refractivity contribution in [1.29, 1.82) is 0 Å². The van der Waals surface area contributed by atoms with E-state index in [1.165, 1.54) is 18.4 Å². The Bertz CT molecular complexity index is 284. The van der Waals surface area contributed by atoms with E-state index >= 15 is 0 Å². The molecule has 0 amide bonds. The van der Waals surface area contributed by atoms with Crippen LogP contribution in [0, 0.1) is 6.92 Å². The fraction of sp³-hybridized carbons (Fsp3) is 0.333. The third kappa shape index (κ3) is 1.78. The quantitative estimate of drug-likeness (QED) is 0.700. The fourth-order valence-corrected chi connectivity index (χ4v) is 2.11. The Hall–Kier alpha value is -0.420. The highest BCUT2D eigenvalue weighted by Crippen LogP contribution is 2.22. The smallest absolute Gasteiger partial charge is 0.350 e. The molecule has 0 aliphatic heterocycles. The van der Waals surface area contributed by atoms with Gasteiger partial charge in [-0.2, -0.15) is 0 Å². The van der Waals surface area contributed by atoms with Crippen molar-refractivity contribution in [3.63, 3.8) is 0 Å². The summed E-state index contributed by atoms with van der Waals surface area (Å²) in [7, 11) is 1.36. The Morgan fingerprint density at radius 2 is 2.36 bits per heavy atom. The van der Waals surface area contributed by atoms with Crippen LogP contribution in [-0.2, 0) is 4.74 Å². The molecule has 0 aliphatic carbocycles. The molecule has 60 valence electrons. The van der Waals surface area contributed by atoms with Gasteiger partial charge in [-0.1, -0.05) is 11.3 Å². The average Bonchev–Trinajstić information content (AvgIpc) is 2.28. The number of aromatic nitrogens is 1. The number of halogens is 1. The van der Waals surface area contributed by atoms with Crippen LogP contribution in [0.4, 0.5) is 0 Å². The largest absolute Gasteiger partial charge is 0.465 e. The predicted molar refractivity (Wildman–Crippen MR) is 45.9 cm³/mol. The molecule has 5 heteroatoms. The SMILES string of the molecule is COC(=O)c1sc(Br)nc1C. The number of ether oxygens (including phenoxy) is 1.